The highest BCUT2D eigenvalue weighted by Crippen LogP contribution is 2.35. The molecule has 1 aliphatic rings. The minimum atomic E-state index is -0.0555. The number of aryl methyl sites for hydroxylation is 1. The van der Waals surface area contributed by atoms with Crippen molar-refractivity contribution in [2.45, 2.75) is 13.5 Å². The van der Waals surface area contributed by atoms with Crippen molar-refractivity contribution >= 4 is 46.0 Å². The highest BCUT2D eigenvalue weighted by molar-refractivity contribution is 8.27. The Hall–Kier alpha value is -1.85. The summed E-state index contributed by atoms with van der Waals surface area (Å²) in [4.78, 5) is 14.8. The van der Waals surface area contributed by atoms with Gasteiger partial charge in [0.05, 0.1) is 10.6 Å². The van der Waals surface area contributed by atoms with Crippen LogP contribution in [0.2, 0.25) is 0 Å². The molecular weight excluding hydrogens is 300 g/mol. The predicted octanol–water partition coefficient (Wildman–Crippen LogP) is 3.91. The van der Waals surface area contributed by atoms with Crippen LogP contribution in [0.25, 0.3) is 6.08 Å². The van der Waals surface area contributed by atoms with Crippen LogP contribution in [0.4, 0.5) is 5.69 Å². The molecule has 106 valence electrons. The molecule has 0 bridgehead atoms. The van der Waals surface area contributed by atoms with Crippen molar-refractivity contribution in [2.24, 2.45) is 0 Å². The Bertz CT molecular complexity index is 719. The normalized spacial score (nSPS) is 17.0. The molecule has 1 saturated heterocycles. The first-order chi connectivity index (χ1) is 10.2. The van der Waals surface area contributed by atoms with Crippen molar-refractivity contribution in [3.63, 3.8) is 0 Å². The van der Waals surface area contributed by atoms with Gasteiger partial charge in [0.25, 0.3) is 5.91 Å². The van der Waals surface area contributed by atoms with E-state index in [9.17, 15) is 4.79 Å². The smallest absolute Gasteiger partial charge is 0.270 e. The van der Waals surface area contributed by atoms with Crippen LogP contribution in [0.5, 0.6) is 0 Å². The minimum Gasteiger partial charge on any atom is -0.348 e. The summed E-state index contributed by atoms with van der Waals surface area (Å²) < 4.78 is 2.67. The summed E-state index contributed by atoms with van der Waals surface area (Å²) in [6.45, 7) is 2.95. The van der Waals surface area contributed by atoms with Crippen LogP contribution >= 0.6 is 24.0 Å². The van der Waals surface area contributed by atoms with E-state index >= 15 is 0 Å². The zero-order chi connectivity index (χ0) is 14.8. The van der Waals surface area contributed by atoms with E-state index in [2.05, 4.69) is 11.5 Å². The van der Waals surface area contributed by atoms with Gasteiger partial charge in [-0.15, -0.1) is 0 Å². The lowest BCUT2D eigenvalue weighted by Gasteiger charge is -2.13. The van der Waals surface area contributed by atoms with Gasteiger partial charge < -0.3 is 4.57 Å². The van der Waals surface area contributed by atoms with Crippen LogP contribution < -0.4 is 4.90 Å². The number of hydrogen-bond donors (Lipinski definition) is 0. The van der Waals surface area contributed by atoms with Gasteiger partial charge >= 0.3 is 0 Å². The second-order valence-electron chi connectivity index (χ2n) is 4.57. The van der Waals surface area contributed by atoms with Crippen LogP contribution in [-0.2, 0) is 11.3 Å². The summed E-state index contributed by atoms with van der Waals surface area (Å²) in [6.07, 6.45) is 3.91. The molecule has 3 rings (SSSR count). The number of thiocarbonyl (C=S) groups is 1. The average molecular weight is 314 g/mol. The molecule has 0 radical (unpaired) electrons. The SMILES string of the molecule is CCn1cccc1/C=C1/SC(=S)N(c2ccccc2)C1=O. The monoisotopic (exact) mass is 314 g/mol. The lowest BCUT2D eigenvalue weighted by molar-refractivity contribution is -0.113. The number of nitrogens with zero attached hydrogens (tertiary/aromatic N) is 2. The number of para-hydroxylation sites is 1. The molecule has 21 heavy (non-hydrogen) atoms. The number of amides is 1. The van der Waals surface area contributed by atoms with E-state index in [4.69, 9.17) is 12.2 Å². The first-order valence-corrected chi connectivity index (χ1v) is 7.91. The van der Waals surface area contributed by atoms with Crippen molar-refractivity contribution in [1.29, 1.82) is 0 Å². The van der Waals surface area contributed by atoms with E-state index < -0.39 is 0 Å². The third kappa shape index (κ3) is 2.66. The number of thioether (sulfide) groups is 1. The topological polar surface area (TPSA) is 25.2 Å². The fraction of sp³-hybridized carbons (Fsp3) is 0.125. The minimum absolute atomic E-state index is 0.0555. The van der Waals surface area contributed by atoms with Gasteiger partial charge in [-0.25, -0.2) is 0 Å². The zero-order valence-electron chi connectivity index (χ0n) is 11.5. The fourth-order valence-corrected chi connectivity index (χ4v) is 3.53. The van der Waals surface area contributed by atoms with E-state index in [-0.39, 0.29) is 5.91 Å². The standard InChI is InChI=1S/C16H14N2OS2/c1-2-17-10-6-9-13(17)11-14-15(19)18(16(20)21-14)12-7-4-3-5-8-12/h3-11H,2H2,1H3/b14-11+. The van der Waals surface area contributed by atoms with Gasteiger partial charge in [0, 0.05) is 18.4 Å². The Morgan fingerprint density at radius 2 is 1.95 bits per heavy atom. The molecule has 2 heterocycles. The van der Waals surface area contributed by atoms with Crippen LogP contribution in [0.1, 0.15) is 12.6 Å². The van der Waals surface area contributed by atoms with Gasteiger partial charge in [0.1, 0.15) is 0 Å². The summed E-state index contributed by atoms with van der Waals surface area (Å²) in [5.41, 5.74) is 1.83. The van der Waals surface area contributed by atoms with Crippen molar-refractivity contribution in [3.8, 4) is 0 Å². The maximum absolute atomic E-state index is 12.6. The molecule has 1 aromatic carbocycles. The van der Waals surface area contributed by atoms with Crippen LogP contribution in [0.3, 0.4) is 0 Å². The quantitative estimate of drug-likeness (QED) is 0.634. The third-order valence-electron chi connectivity index (χ3n) is 3.29. The van der Waals surface area contributed by atoms with Crippen LogP contribution in [0, 0.1) is 0 Å². The second-order valence-corrected chi connectivity index (χ2v) is 6.25. The Balaban J connectivity index is 1.94. The van der Waals surface area contributed by atoms with Gasteiger partial charge in [0.2, 0.25) is 0 Å². The largest absolute Gasteiger partial charge is 0.348 e. The summed E-state index contributed by atoms with van der Waals surface area (Å²) in [7, 11) is 0. The lowest BCUT2D eigenvalue weighted by atomic mass is 10.3. The van der Waals surface area contributed by atoms with Gasteiger partial charge in [0.15, 0.2) is 4.32 Å². The van der Waals surface area contributed by atoms with Gasteiger partial charge in [-0.1, -0.05) is 42.2 Å². The van der Waals surface area contributed by atoms with Crippen molar-refractivity contribution in [2.75, 3.05) is 4.90 Å². The Labute approximate surface area is 133 Å². The summed E-state index contributed by atoms with van der Waals surface area (Å²) in [5, 5.41) is 0. The molecule has 2 aromatic rings. The number of hydrogen-bond acceptors (Lipinski definition) is 3. The first-order valence-electron chi connectivity index (χ1n) is 6.69. The fourth-order valence-electron chi connectivity index (χ4n) is 2.25. The summed E-state index contributed by atoms with van der Waals surface area (Å²) >= 11 is 6.70. The Kier molecular flexibility index (Phi) is 3.94. The number of rotatable bonds is 3. The van der Waals surface area contributed by atoms with E-state index in [1.165, 1.54) is 11.8 Å². The number of aromatic nitrogens is 1. The molecule has 3 nitrogen and oxygen atoms in total. The second kappa shape index (κ2) is 5.87. The molecule has 1 aromatic heterocycles. The number of anilines is 1. The number of carbonyl (C=O) groups excluding carboxylic acids is 1. The highest BCUT2D eigenvalue weighted by Gasteiger charge is 2.33. The molecule has 1 aliphatic heterocycles. The van der Waals surface area contributed by atoms with Gasteiger partial charge in [-0.2, -0.15) is 0 Å². The maximum Gasteiger partial charge on any atom is 0.270 e. The first kappa shape index (κ1) is 14.1. The van der Waals surface area contributed by atoms with E-state index in [1.54, 1.807) is 4.90 Å². The molecule has 0 atom stereocenters. The van der Waals surface area contributed by atoms with Crippen molar-refractivity contribution in [3.05, 3.63) is 59.3 Å². The summed E-state index contributed by atoms with van der Waals surface area (Å²) in [6, 6.07) is 13.5. The average Bonchev–Trinajstić information content (AvgIpc) is 3.05. The maximum atomic E-state index is 12.6. The molecule has 1 amide bonds. The van der Waals surface area contributed by atoms with Crippen molar-refractivity contribution < 1.29 is 4.79 Å². The van der Waals surface area contributed by atoms with E-state index in [0.29, 0.717) is 9.23 Å². The molecule has 1 fully saturated rings. The zero-order valence-corrected chi connectivity index (χ0v) is 13.2. The van der Waals surface area contributed by atoms with Gasteiger partial charge in [-0.05, 0) is 37.3 Å². The predicted molar refractivity (Wildman–Crippen MR) is 92.2 cm³/mol. The third-order valence-corrected chi connectivity index (χ3v) is 4.59. The Morgan fingerprint density at radius 1 is 1.19 bits per heavy atom. The highest BCUT2D eigenvalue weighted by atomic mass is 32.2. The molecule has 0 saturated carbocycles. The Morgan fingerprint density at radius 3 is 2.67 bits per heavy atom. The molecular formula is C16H14N2OS2. The molecule has 0 unspecified atom stereocenters. The lowest BCUT2D eigenvalue weighted by Crippen LogP contribution is -2.27. The molecule has 5 heteroatoms. The van der Waals surface area contributed by atoms with Crippen LogP contribution in [0.15, 0.2) is 53.6 Å². The van der Waals surface area contributed by atoms with E-state index in [0.717, 1.165) is 17.9 Å². The van der Waals surface area contributed by atoms with Gasteiger partial charge in [-0.3, -0.25) is 9.69 Å². The number of carbonyl (C=O) groups is 1. The molecule has 0 spiro atoms. The summed E-state index contributed by atoms with van der Waals surface area (Å²) in [5.74, 6) is -0.0555. The van der Waals surface area contributed by atoms with E-state index in [1.807, 2.05) is 54.7 Å². The molecule has 0 aliphatic carbocycles. The number of benzene rings is 1. The molecule has 0 N–H and O–H groups in total. The van der Waals surface area contributed by atoms with Crippen LogP contribution in [-0.4, -0.2) is 14.8 Å². The van der Waals surface area contributed by atoms with Crippen molar-refractivity contribution in [1.82, 2.24) is 4.57 Å².